The highest BCUT2D eigenvalue weighted by Gasteiger charge is 2.32. The van der Waals surface area contributed by atoms with Gasteiger partial charge in [0.2, 0.25) is 0 Å². The van der Waals surface area contributed by atoms with E-state index in [1.54, 1.807) is 13.0 Å². The van der Waals surface area contributed by atoms with Crippen molar-refractivity contribution in [3.8, 4) is 0 Å². The molecule has 0 aliphatic heterocycles. The van der Waals surface area contributed by atoms with Gasteiger partial charge in [0, 0.05) is 6.54 Å². The number of nitrogens with two attached hydrogens (primary N) is 1. The Morgan fingerprint density at radius 3 is 2.21 bits per heavy atom. The molecule has 2 N–H and O–H groups in total. The van der Waals surface area contributed by atoms with Gasteiger partial charge in [0.25, 0.3) is 0 Å². The molecular formula is C10H14F3N. The van der Waals surface area contributed by atoms with Crippen LogP contribution in [0.25, 0.3) is 0 Å². The molecule has 0 aromatic carbocycles. The van der Waals surface area contributed by atoms with Gasteiger partial charge in [-0.05, 0) is 19.4 Å². The topological polar surface area (TPSA) is 26.0 Å². The highest BCUT2D eigenvalue weighted by molar-refractivity contribution is 5.31. The first-order chi connectivity index (χ1) is 6.43. The van der Waals surface area contributed by atoms with Crippen LogP contribution in [-0.4, -0.2) is 12.7 Å². The highest BCUT2D eigenvalue weighted by Crippen LogP contribution is 2.28. The first-order valence-electron chi connectivity index (χ1n) is 4.19. The second-order valence-corrected chi connectivity index (χ2v) is 2.78. The Hall–Kier alpha value is -1.03. The van der Waals surface area contributed by atoms with Gasteiger partial charge in [-0.25, -0.2) is 0 Å². The molecule has 0 aliphatic carbocycles. The molecule has 0 amide bonds. The normalized spacial score (nSPS) is 15.3. The summed E-state index contributed by atoms with van der Waals surface area (Å²) in [5.74, 6) is 0. The molecule has 0 saturated carbocycles. The van der Waals surface area contributed by atoms with Crippen molar-refractivity contribution in [2.45, 2.75) is 20.0 Å². The minimum absolute atomic E-state index is 0.0883. The van der Waals surface area contributed by atoms with E-state index in [0.717, 1.165) is 6.08 Å². The van der Waals surface area contributed by atoms with Gasteiger partial charge < -0.3 is 5.73 Å². The van der Waals surface area contributed by atoms with Crippen LogP contribution in [0.3, 0.4) is 0 Å². The molecule has 14 heavy (non-hydrogen) atoms. The molecule has 80 valence electrons. The lowest BCUT2D eigenvalue weighted by Crippen LogP contribution is -2.15. The number of hydrogen-bond acceptors (Lipinski definition) is 1. The van der Waals surface area contributed by atoms with Crippen LogP contribution in [0, 0.1) is 0 Å². The average Bonchev–Trinajstić information content (AvgIpc) is 2.09. The third-order valence-electron chi connectivity index (χ3n) is 1.64. The Morgan fingerprint density at radius 2 is 1.86 bits per heavy atom. The molecule has 0 radical (unpaired) electrons. The SMILES string of the molecule is C\C=C/C=C\C(=C(/C)CN)C(F)(F)F. The van der Waals surface area contributed by atoms with E-state index >= 15 is 0 Å². The molecule has 0 spiro atoms. The first-order valence-corrected chi connectivity index (χ1v) is 4.19. The zero-order valence-electron chi connectivity index (χ0n) is 8.23. The van der Waals surface area contributed by atoms with E-state index in [9.17, 15) is 13.2 Å². The van der Waals surface area contributed by atoms with Crippen LogP contribution in [0.2, 0.25) is 0 Å². The summed E-state index contributed by atoms with van der Waals surface area (Å²) in [7, 11) is 0. The Balaban J connectivity index is 4.95. The minimum Gasteiger partial charge on any atom is -0.327 e. The van der Waals surface area contributed by atoms with E-state index < -0.39 is 11.7 Å². The predicted molar refractivity (Wildman–Crippen MR) is 51.8 cm³/mol. The number of halogens is 3. The maximum absolute atomic E-state index is 12.4. The van der Waals surface area contributed by atoms with Crippen LogP contribution in [0.5, 0.6) is 0 Å². The second kappa shape index (κ2) is 5.65. The fraction of sp³-hybridized carbons (Fsp3) is 0.400. The van der Waals surface area contributed by atoms with Gasteiger partial charge in [-0.3, -0.25) is 0 Å². The van der Waals surface area contributed by atoms with E-state index in [-0.39, 0.29) is 12.1 Å². The highest BCUT2D eigenvalue weighted by atomic mass is 19.4. The zero-order chi connectivity index (χ0) is 11.2. The number of rotatable bonds is 3. The molecule has 0 rings (SSSR count). The van der Waals surface area contributed by atoms with Crippen LogP contribution in [0.4, 0.5) is 13.2 Å². The molecule has 0 bridgehead atoms. The molecular weight excluding hydrogens is 191 g/mol. The summed E-state index contributed by atoms with van der Waals surface area (Å²) < 4.78 is 37.2. The second-order valence-electron chi connectivity index (χ2n) is 2.78. The number of allylic oxidation sites excluding steroid dienone is 5. The minimum atomic E-state index is -4.33. The third-order valence-corrected chi connectivity index (χ3v) is 1.64. The van der Waals surface area contributed by atoms with E-state index in [2.05, 4.69) is 0 Å². The fourth-order valence-corrected chi connectivity index (χ4v) is 0.852. The van der Waals surface area contributed by atoms with E-state index in [4.69, 9.17) is 5.73 Å². The molecule has 0 saturated heterocycles. The van der Waals surface area contributed by atoms with Gasteiger partial charge >= 0.3 is 6.18 Å². The Labute approximate surface area is 81.8 Å². The van der Waals surface area contributed by atoms with Crippen molar-refractivity contribution < 1.29 is 13.2 Å². The van der Waals surface area contributed by atoms with Crippen LogP contribution in [0.1, 0.15) is 13.8 Å². The Bertz CT molecular complexity index is 259. The smallest absolute Gasteiger partial charge is 0.327 e. The molecule has 0 atom stereocenters. The van der Waals surface area contributed by atoms with Crippen molar-refractivity contribution in [3.05, 3.63) is 35.5 Å². The van der Waals surface area contributed by atoms with E-state index in [1.165, 1.54) is 19.1 Å². The van der Waals surface area contributed by atoms with Crippen molar-refractivity contribution in [3.63, 3.8) is 0 Å². The zero-order valence-corrected chi connectivity index (χ0v) is 8.23. The first kappa shape index (κ1) is 13.0. The molecule has 0 aliphatic rings. The van der Waals surface area contributed by atoms with Crippen molar-refractivity contribution in [2.24, 2.45) is 5.73 Å². The Kier molecular flexibility index (Phi) is 5.23. The monoisotopic (exact) mass is 205 g/mol. The summed E-state index contributed by atoms with van der Waals surface area (Å²) in [5.41, 5.74) is 4.63. The lowest BCUT2D eigenvalue weighted by Gasteiger charge is -2.10. The van der Waals surface area contributed by atoms with Crippen molar-refractivity contribution in [1.82, 2.24) is 0 Å². The lowest BCUT2D eigenvalue weighted by atomic mass is 10.1. The summed E-state index contributed by atoms with van der Waals surface area (Å²) in [4.78, 5) is 0. The van der Waals surface area contributed by atoms with Crippen molar-refractivity contribution >= 4 is 0 Å². The summed E-state index contributed by atoms with van der Waals surface area (Å²) >= 11 is 0. The summed E-state index contributed by atoms with van der Waals surface area (Å²) in [5, 5.41) is 0. The molecule has 0 aromatic heterocycles. The quantitative estimate of drug-likeness (QED) is 0.704. The van der Waals surface area contributed by atoms with Crippen LogP contribution in [0.15, 0.2) is 35.5 Å². The van der Waals surface area contributed by atoms with Crippen LogP contribution < -0.4 is 5.73 Å². The van der Waals surface area contributed by atoms with Gasteiger partial charge in [0.05, 0.1) is 5.57 Å². The van der Waals surface area contributed by atoms with E-state index in [0.29, 0.717) is 0 Å². The van der Waals surface area contributed by atoms with Gasteiger partial charge in [-0.1, -0.05) is 24.3 Å². The maximum Gasteiger partial charge on any atom is 0.416 e. The van der Waals surface area contributed by atoms with Gasteiger partial charge in [0.15, 0.2) is 0 Å². The largest absolute Gasteiger partial charge is 0.416 e. The molecule has 0 unspecified atom stereocenters. The van der Waals surface area contributed by atoms with Crippen LogP contribution in [-0.2, 0) is 0 Å². The number of hydrogen-bond donors (Lipinski definition) is 1. The third kappa shape index (κ3) is 4.28. The molecule has 1 nitrogen and oxygen atoms in total. The number of alkyl halides is 3. The average molecular weight is 205 g/mol. The fourth-order valence-electron chi connectivity index (χ4n) is 0.852. The summed E-state index contributed by atoms with van der Waals surface area (Å²) in [6.07, 6.45) is 1.24. The molecule has 0 fully saturated rings. The van der Waals surface area contributed by atoms with Crippen LogP contribution >= 0.6 is 0 Å². The maximum atomic E-state index is 12.4. The molecule has 0 aromatic rings. The summed E-state index contributed by atoms with van der Waals surface area (Å²) in [6.45, 7) is 3.02. The predicted octanol–water partition coefficient (Wildman–Crippen LogP) is 2.96. The van der Waals surface area contributed by atoms with Gasteiger partial charge in [0.1, 0.15) is 0 Å². The lowest BCUT2D eigenvalue weighted by molar-refractivity contribution is -0.0890. The van der Waals surface area contributed by atoms with Crippen molar-refractivity contribution in [2.75, 3.05) is 6.54 Å². The molecule has 4 heteroatoms. The van der Waals surface area contributed by atoms with Crippen molar-refractivity contribution in [1.29, 1.82) is 0 Å². The van der Waals surface area contributed by atoms with Gasteiger partial charge in [-0.2, -0.15) is 13.2 Å². The standard InChI is InChI=1S/C10H14F3N/c1-3-4-5-6-9(8(2)7-14)10(11,12)13/h3-6H,7,14H2,1-2H3/b4-3-,6-5-,9-8-. The van der Waals surface area contributed by atoms with E-state index in [1.807, 2.05) is 0 Å². The molecule has 0 heterocycles. The summed E-state index contributed by atoms with van der Waals surface area (Å²) in [6, 6.07) is 0. The van der Waals surface area contributed by atoms with Gasteiger partial charge in [-0.15, -0.1) is 0 Å². The Morgan fingerprint density at radius 1 is 1.29 bits per heavy atom.